The Bertz CT molecular complexity index is 717. The quantitative estimate of drug-likeness (QED) is 0.406. The van der Waals surface area contributed by atoms with Crippen LogP contribution in [0.1, 0.15) is 31.2 Å². The number of aliphatic carboxylic acids is 1. The SMILES string of the molecule is COc1cc(/C=C2/SC(=S)N(CCCCCC(=O)O)C2=O)ccc1O. The van der Waals surface area contributed by atoms with E-state index >= 15 is 0 Å². The molecule has 1 saturated heterocycles. The highest BCUT2D eigenvalue weighted by atomic mass is 32.2. The number of benzene rings is 1. The van der Waals surface area contributed by atoms with Crippen molar-refractivity contribution in [3.63, 3.8) is 0 Å². The second kappa shape index (κ2) is 8.87. The van der Waals surface area contributed by atoms with Gasteiger partial charge < -0.3 is 14.9 Å². The summed E-state index contributed by atoms with van der Waals surface area (Å²) < 4.78 is 5.56. The monoisotopic (exact) mass is 381 g/mol. The lowest BCUT2D eigenvalue weighted by atomic mass is 10.1. The third kappa shape index (κ3) is 5.20. The molecular weight excluding hydrogens is 362 g/mol. The van der Waals surface area contributed by atoms with Crippen molar-refractivity contribution >= 4 is 46.3 Å². The molecule has 134 valence electrons. The van der Waals surface area contributed by atoms with E-state index in [1.54, 1.807) is 23.1 Å². The van der Waals surface area contributed by atoms with Crippen molar-refractivity contribution in [2.24, 2.45) is 0 Å². The van der Waals surface area contributed by atoms with Crippen LogP contribution in [0.3, 0.4) is 0 Å². The number of thioether (sulfide) groups is 1. The third-order valence-corrected chi connectivity index (χ3v) is 5.03. The maximum atomic E-state index is 12.5. The zero-order chi connectivity index (χ0) is 18.4. The molecule has 2 N–H and O–H groups in total. The average Bonchev–Trinajstić information content (AvgIpc) is 2.83. The van der Waals surface area contributed by atoms with Crippen molar-refractivity contribution in [3.05, 3.63) is 28.7 Å². The van der Waals surface area contributed by atoms with Crippen molar-refractivity contribution in [1.29, 1.82) is 0 Å². The molecule has 1 aromatic rings. The Morgan fingerprint density at radius 2 is 2.12 bits per heavy atom. The summed E-state index contributed by atoms with van der Waals surface area (Å²) >= 11 is 6.50. The number of phenols is 1. The second-order valence-electron chi connectivity index (χ2n) is 5.47. The molecule has 1 fully saturated rings. The van der Waals surface area contributed by atoms with Crippen molar-refractivity contribution in [2.45, 2.75) is 25.7 Å². The van der Waals surface area contributed by atoms with Crippen molar-refractivity contribution < 1.29 is 24.5 Å². The first-order chi connectivity index (χ1) is 11.9. The predicted octanol–water partition coefficient (Wildman–Crippen LogP) is 3.25. The number of nitrogens with zero attached hydrogens (tertiary/aromatic N) is 1. The van der Waals surface area contributed by atoms with Gasteiger partial charge in [0, 0.05) is 13.0 Å². The van der Waals surface area contributed by atoms with Gasteiger partial charge in [0.05, 0.1) is 12.0 Å². The van der Waals surface area contributed by atoms with Gasteiger partial charge in [-0.15, -0.1) is 0 Å². The highest BCUT2D eigenvalue weighted by Crippen LogP contribution is 2.34. The zero-order valence-corrected chi connectivity index (χ0v) is 15.4. The van der Waals surface area contributed by atoms with E-state index in [1.807, 2.05) is 0 Å². The summed E-state index contributed by atoms with van der Waals surface area (Å²) in [5.41, 5.74) is 0.733. The van der Waals surface area contributed by atoms with Crippen LogP contribution in [0.2, 0.25) is 0 Å². The number of carbonyl (C=O) groups excluding carboxylic acids is 1. The van der Waals surface area contributed by atoms with Crippen molar-refractivity contribution in [1.82, 2.24) is 4.90 Å². The number of hydrogen-bond acceptors (Lipinski definition) is 6. The van der Waals surface area contributed by atoms with Gasteiger partial charge in [0.2, 0.25) is 0 Å². The van der Waals surface area contributed by atoms with Gasteiger partial charge in [-0.25, -0.2) is 0 Å². The molecule has 1 aliphatic heterocycles. The zero-order valence-electron chi connectivity index (χ0n) is 13.7. The van der Waals surface area contributed by atoms with Crippen LogP contribution in [-0.2, 0) is 9.59 Å². The fourth-order valence-corrected chi connectivity index (χ4v) is 3.66. The number of carboxylic acids is 1. The lowest BCUT2D eigenvalue weighted by Gasteiger charge is -2.13. The number of amides is 1. The highest BCUT2D eigenvalue weighted by molar-refractivity contribution is 8.26. The van der Waals surface area contributed by atoms with E-state index in [-0.39, 0.29) is 18.1 Å². The summed E-state index contributed by atoms with van der Waals surface area (Å²) in [7, 11) is 1.46. The Morgan fingerprint density at radius 3 is 2.80 bits per heavy atom. The van der Waals surface area contributed by atoms with Gasteiger partial charge in [-0.1, -0.05) is 36.5 Å². The molecule has 6 nitrogen and oxygen atoms in total. The number of carbonyl (C=O) groups is 2. The summed E-state index contributed by atoms with van der Waals surface area (Å²) in [5.74, 6) is -0.589. The van der Waals surface area contributed by atoms with Crippen molar-refractivity contribution in [3.8, 4) is 11.5 Å². The predicted molar refractivity (Wildman–Crippen MR) is 101 cm³/mol. The lowest BCUT2D eigenvalue weighted by Crippen LogP contribution is -2.29. The van der Waals surface area contributed by atoms with Gasteiger partial charge in [-0.2, -0.15) is 0 Å². The Labute approximate surface area is 155 Å². The second-order valence-corrected chi connectivity index (χ2v) is 7.14. The van der Waals surface area contributed by atoms with Crippen LogP contribution < -0.4 is 4.74 Å². The molecule has 0 bridgehead atoms. The summed E-state index contributed by atoms with van der Waals surface area (Å²) in [6.45, 7) is 0.487. The smallest absolute Gasteiger partial charge is 0.303 e. The van der Waals surface area contributed by atoms with Crippen molar-refractivity contribution in [2.75, 3.05) is 13.7 Å². The normalized spacial score (nSPS) is 15.9. The number of unbranched alkanes of at least 4 members (excludes halogenated alkanes) is 2. The molecule has 25 heavy (non-hydrogen) atoms. The number of phenolic OH excluding ortho intramolecular Hbond substituents is 1. The summed E-state index contributed by atoms with van der Waals surface area (Å²) in [6.07, 6.45) is 3.89. The maximum absolute atomic E-state index is 12.5. The van der Waals surface area contributed by atoms with E-state index in [4.69, 9.17) is 22.1 Å². The molecule has 0 unspecified atom stereocenters. The molecular formula is C17H19NO5S2. The topological polar surface area (TPSA) is 87.1 Å². The standard InChI is InChI=1S/C17H19NO5S2/c1-23-13-9-11(6-7-12(13)19)10-14-16(22)18(17(24)25-14)8-4-2-3-5-15(20)21/h6-7,9-10,19H,2-5,8H2,1H3,(H,20,21)/b14-10+. The number of hydrogen-bond donors (Lipinski definition) is 2. The molecule has 0 saturated carbocycles. The van der Waals surface area contributed by atoms with Crippen LogP contribution in [0.5, 0.6) is 11.5 Å². The van der Waals surface area contributed by atoms with Crippen LogP contribution in [0, 0.1) is 0 Å². The first kappa shape index (κ1) is 19.3. The summed E-state index contributed by atoms with van der Waals surface area (Å²) in [6, 6.07) is 4.85. The van der Waals surface area contributed by atoms with E-state index in [1.165, 1.54) is 24.9 Å². The van der Waals surface area contributed by atoms with Gasteiger partial charge in [-0.3, -0.25) is 14.5 Å². The number of thiocarbonyl (C=S) groups is 1. The van der Waals surface area contributed by atoms with Gasteiger partial charge in [0.25, 0.3) is 5.91 Å². The molecule has 1 aliphatic rings. The van der Waals surface area contributed by atoms with Crippen LogP contribution >= 0.6 is 24.0 Å². The van der Waals surface area contributed by atoms with E-state index < -0.39 is 5.97 Å². The largest absolute Gasteiger partial charge is 0.504 e. The van der Waals surface area contributed by atoms with Crippen LogP contribution in [0.25, 0.3) is 6.08 Å². The molecule has 0 aliphatic carbocycles. The van der Waals surface area contributed by atoms with Gasteiger partial charge in [-0.05, 0) is 36.6 Å². The third-order valence-electron chi connectivity index (χ3n) is 3.65. The van der Waals surface area contributed by atoms with Gasteiger partial charge in [0.15, 0.2) is 11.5 Å². The van der Waals surface area contributed by atoms with Crippen LogP contribution in [0.4, 0.5) is 0 Å². The fourth-order valence-electron chi connectivity index (χ4n) is 2.35. The molecule has 2 rings (SSSR count). The van der Waals surface area contributed by atoms with Gasteiger partial charge >= 0.3 is 5.97 Å². The molecule has 1 heterocycles. The number of carboxylic acid groups (broad SMARTS) is 1. The van der Waals surface area contributed by atoms with E-state index in [0.29, 0.717) is 34.4 Å². The molecule has 0 radical (unpaired) electrons. The molecule has 0 spiro atoms. The highest BCUT2D eigenvalue weighted by Gasteiger charge is 2.31. The number of ether oxygens (including phenoxy) is 1. The fraction of sp³-hybridized carbons (Fsp3) is 0.353. The molecule has 0 aromatic heterocycles. The Hall–Kier alpha value is -2.06. The van der Waals surface area contributed by atoms with E-state index in [2.05, 4.69) is 0 Å². The minimum atomic E-state index is -0.808. The van der Waals surface area contributed by atoms with Crippen LogP contribution in [-0.4, -0.2) is 45.0 Å². The van der Waals surface area contributed by atoms with E-state index in [9.17, 15) is 14.7 Å². The molecule has 0 atom stereocenters. The average molecular weight is 381 g/mol. The minimum Gasteiger partial charge on any atom is -0.504 e. The maximum Gasteiger partial charge on any atom is 0.303 e. The van der Waals surface area contributed by atoms with Gasteiger partial charge in [0.1, 0.15) is 4.32 Å². The number of methoxy groups -OCH3 is 1. The molecule has 8 heteroatoms. The van der Waals surface area contributed by atoms with E-state index in [0.717, 1.165) is 12.0 Å². The first-order valence-corrected chi connectivity index (χ1v) is 8.99. The lowest BCUT2D eigenvalue weighted by molar-refractivity contribution is -0.137. The Balaban J connectivity index is 1.99. The molecule has 1 aromatic carbocycles. The summed E-state index contributed by atoms with van der Waals surface area (Å²) in [5, 5.41) is 18.2. The minimum absolute atomic E-state index is 0.0357. The van der Waals surface area contributed by atoms with Crippen LogP contribution in [0.15, 0.2) is 23.1 Å². The first-order valence-electron chi connectivity index (χ1n) is 7.76. The Kier molecular flexibility index (Phi) is 6.83. The summed E-state index contributed by atoms with van der Waals surface area (Å²) in [4.78, 5) is 25.0. The Morgan fingerprint density at radius 1 is 1.36 bits per heavy atom. The molecule has 1 amide bonds. The number of aromatic hydroxyl groups is 1. The number of rotatable bonds is 8.